The van der Waals surface area contributed by atoms with Crippen molar-refractivity contribution in [2.24, 2.45) is 17.3 Å². The van der Waals surface area contributed by atoms with E-state index < -0.39 is 95.7 Å². The van der Waals surface area contributed by atoms with Gasteiger partial charge < -0.3 is 9.47 Å². The smallest absolute Gasteiger partial charge is 0.381 e. The molecule has 3 saturated carbocycles. The van der Waals surface area contributed by atoms with E-state index in [0.29, 0.717) is 0 Å². The summed E-state index contributed by atoms with van der Waals surface area (Å²) in [6.07, 6.45) is -7.47. The van der Waals surface area contributed by atoms with E-state index in [9.17, 15) is 44.7 Å². The van der Waals surface area contributed by atoms with E-state index in [0.717, 1.165) is 6.92 Å². The largest absolute Gasteiger partial charge is 0.457 e. The Morgan fingerprint density at radius 3 is 1.86 bits per heavy atom. The van der Waals surface area contributed by atoms with Crippen molar-refractivity contribution in [2.75, 3.05) is 0 Å². The number of ether oxygens (including phenoxy) is 2. The summed E-state index contributed by atoms with van der Waals surface area (Å²) < 4.78 is 154. The van der Waals surface area contributed by atoms with Crippen LogP contribution < -0.4 is 0 Å². The molecule has 0 aromatic carbocycles. The van der Waals surface area contributed by atoms with E-state index >= 15 is 8.78 Å². The van der Waals surface area contributed by atoms with Crippen molar-refractivity contribution >= 4 is 11.9 Å². The van der Waals surface area contributed by atoms with Gasteiger partial charge >= 0.3 is 35.6 Å². The van der Waals surface area contributed by atoms with E-state index in [1.165, 1.54) is 13.8 Å². The normalized spacial score (nSPS) is 37.6. The Kier molecular flexibility index (Phi) is 6.06. The number of esters is 2. The van der Waals surface area contributed by atoms with Gasteiger partial charge in [-0.3, -0.25) is 4.79 Å². The molecule has 2 bridgehead atoms. The molecule has 6 atom stereocenters. The van der Waals surface area contributed by atoms with Crippen LogP contribution in [-0.4, -0.2) is 59.2 Å². The van der Waals surface area contributed by atoms with Crippen LogP contribution in [0.15, 0.2) is 0 Å². The molecule has 0 spiro atoms. The second kappa shape index (κ2) is 7.62. The minimum atomic E-state index is -6.42. The predicted octanol–water partition coefficient (Wildman–Crippen LogP) is 5.67. The summed E-state index contributed by atoms with van der Waals surface area (Å²) in [5.74, 6) is -32.1. The highest BCUT2D eigenvalue weighted by Gasteiger charge is 3.04. The number of carbonyl (C=O) groups is 2. The number of alkyl halides is 10. The molecule has 35 heavy (non-hydrogen) atoms. The molecule has 0 aromatic heterocycles. The van der Waals surface area contributed by atoms with Gasteiger partial charge in [-0.1, -0.05) is 13.8 Å². The van der Waals surface area contributed by atoms with E-state index in [1.54, 1.807) is 6.92 Å². The Morgan fingerprint density at radius 2 is 1.37 bits per heavy atom. The maximum absolute atomic E-state index is 15.4. The quantitative estimate of drug-likeness (QED) is 0.315. The summed E-state index contributed by atoms with van der Waals surface area (Å²) >= 11 is 0. The highest BCUT2D eigenvalue weighted by Crippen LogP contribution is 2.79. The van der Waals surface area contributed by atoms with Gasteiger partial charge in [-0.05, 0) is 39.5 Å². The van der Waals surface area contributed by atoms with Crippen LogP contribution in [-0.2, 0) is 19.1 Å². The topological polar surface area (TPSA) is 52.6 Å². The molecule has 6 unspecified atom stereocenters. The van der Waals surface area contributed by atoms with Crippen LogP contribution in [0.5, 0.6) is 0 Å². The summed E-state index contributed by atoms with van der Waals surface area (Å²) in [6.45, 7) is 5.44. The van der Waals surface area contributed by atoms with E-state index in [1.807, 2.05) is 0 Å². The van der Waals surface area contributed by atoms with Crippen molar-refractivity contribution in [1.82, 2.24) is 0 Å². The lowest BCUT2D eigenvalue weighted by molar-refractivity contribution is -0.298. The molecular weight excluding hydrogens is 506 g/mol. The van der Waals surface area contributed by atoms with Gasteiger partial charge in [0.2, 0.25) is 11.3 Å². The van der Waals surface area contributed by atoms with Gasteiger partial charge in [0, 0.05) is 11.8 Å². The molecule has 3 aliphatic carbocycles. The van der Waals surface area contributed by atoms with Crippen LogP contribution in [0, 0.1) is 17.3 Å². The van der Waals surface area contributed by atoms with Crippen molar-refractivity contribution in [2.45, 2.75) is 101 Å². The van der Waals surface area contributed by atoms with Gasteiger partial charge in [0.1, 0.15) is 6.10 Å². The fourth-order valence-electron chi connectivity index (χ4n) is 5.23. The van der Waals surface area contributed by atoms with Crippen LogP contribution in [0.2, 0.25) is 0 Å². The van der Waals surface area contributed by atoms with E-state index in [-0.39, 0.29) is 6.42 Å². The van der Waals surface area contributed by atoms with Crippen LogP contribution in [0.4, 0.5) is 43.9 Å². The Morgan fingerprint density at radius 1 is 0.857 bits per heavy atom. The molecule has 0 N–H and O–H groups in total. The standard InChI is InChI=1S/C21H24F10O4/c1-5-12(35-13(32)15(3,4)6-2)16(22,23)14(33)34-11-8-9-7-10(11)18(25)17(9,24)19(26,27)21(30,31)20(18,28)29/h9-12H,5-8H2,1-4H3. The summed E-state index contributed by atoms with van der Waals surface area (Å²) in [5, 5.41) is 0. The summed E-state index contributed by atoms with van der Waals surface area (Å²) in [4.78, 5) is 24.4. The van der Waals surface area contributed by atoms with Crippen LogP contribution in [0.1, 0.15) is 53.4 Å². The first-order chi connectivity index (χ1) is 15.6. The lowest BCUT2D eigenvalue weighted by Gasteiger charge is -2.42. The summed E-state index contributed by atoms with van der Waals surface area (Å²) in [7, 11) is 0. The van der Waals surface area contributed by atoms with Crippen LogP contribution in [0.3, 0.4) is 0 Å². The number of halogens is 10. The first-order valence-electron chi connectivity index (χ1n) is 10.9. The highest BCUT2D eigenvalue weighted by molar-refractivity contribution is 5.80. The molecule has 0 aromatic rings. The third-order valence-electron chi connectivity index (χ3n) is 7.80. The molecular formula is C21H24F10O4. The Balaban J connectivity index is 1.86. The maximum atomic E-state index is 15.4. The summed E-state index contributed by atoms with van der Waals surface area (Å²) in [6, 6.07) is 0. The van der Waals surface area contributed by atoms with E-state index in [2.05, 4.69) is 4.74 Å². The minimum Gasteiger partial charge on any atom is -0.457 e. The lowest BCUT2D eigenvalue weighted by atomic mass is 9.73. The Bertz CT molecular complexity index is 907. The Labute approximate surface area is 193 Å². The molecule has 0 aliphatic heterocycles. The zero-order chi connectivity index (χ0) is 27.2. The first-order valence-corrected chi connectivity index (χ1v) is 10.9. The highest BCUT2D eigenvalue weighted by atomic mass is 19.4. The molecule has 0 saturated heterocycles. The van der Waals surface area contributed by atoms with Crippen molar-refractivity contribution in [3.05, 3.63) is 0 Å². The van der Waals surface area contributed by atoms with Gasteiger partial charge in [-0.2, -0.15) is 35.1 Å². The van der Waals surface area contributed by atoms with Gasteiger partial charge in [0.25, 0.3) is 0 Å². The van der Waals surface area contributed by atoms with Crippen molar-refractivity contribution in [3.63, 3.8) is 0 Å². The molecule has 0 radical (unpaired) electrons. The number of rotatable bonds is 7. The zero-order valence-corrected chi connectivity index (χ0v) is 19.1. The van der Waals surface area contributed by atoms with Crippen molar-refractivity contribution in [3.8, 4) is 0 Å². The Hall–Kier alpha value is -1.76. The third-order valence-corrected chi connectivity index (χ3v) is 7.80. The second-order valence-corrected chi connectivity index (χ2v) is 10.0. The average molecular weight is 530 g/mol. The molecule has 4 nitrogen and oxygen atoms in total. The third kappa shape index (κ3) is 3.05. The fraction of sp³-hybridized carbons (Fsp3) is 0.905. The average Bonchev–Trinajstić information content (AvgIpc) is 3.29. The molecule has 14 heteroatoms. The van der Waals surface area contributed by atoms with Crippen LogP contribution in [0.25, 0.3) is 0 Å². The van der Waals surface area contributed by atoms with Crippen molar-refractivity contribution in [1.29, 1.82) is 0 Å². The second-order valence-electron chi connectivity index (χ2n) is 10.0. The number of carbonyl (C=O) groups excluding carboxylic acids is 2. The molecule has 0 amide bonds. The first kappa shape index (κ1) is 27.8. The SMILES string of the molecule is CCC(OC(=O)C(C)(C)CC)C(F)(F)C(=O)OC1CC2CC1C1(F)C(F)(F)C(F)(F)C(F)(F)C21F. The van der Waals surface area contributed by atoms with Gasteiger partial charge in [0.15, 0.2) is 6.10 Å². The lowest BCUT2D eigenvalue weighted by Crippen LogP contribution is -2.64. The van der Waals surface area contributed by atoms with Gasteiger partial charge in [-0.25, -0.2) is 13.6 Å². The number of fused-ring (bicyclic) bond motifs is 5. The number of hydrogen-bond acceptors (Lipinski definition) is 4. The van der Waals surface area contributed by atoms with Crippen molar-refractivity contribution < 1.29 is 63.0 Å². The number of hydrogen-bond donors (Lipinski definition) is 0. The van der Waals surface area contributed by atoms with Gasteiger partial charge in [-0.15, -0.1) is 0 Å². The maximum Gasteiger partial charge on any atom is 0.381 e. The molecule has 0 heterocycles. The summed E-state index contributed by atoms with van der Waals surface area (Å²) in [5.41, 5.74) is -11.4. The molecule has 3 fully saturated rings. The minimum absolute atomic E-state index is 0.177. The molecule has 3 rings (SSSR count). The van der Waals surface area contributed by atoms with E-state index in [4.69, 9.17) is 4.74 Å². The molecule has 202 valence electrons. The molecule has 3 aliphatic rings. The fourth-order valence-corrected chi connectivity index (χ4v) is 5.23. The van der Waals surface area contributed by atoms with Gasteiger partial charge in [0.05, 0.1) is 5.41 Å². The zero-order valence-electron chi connectivity index (χ0n) is 19.1. The monoisotopic (exact) mass is 530 g/mol. The van der Waals surface area contributed by atoms with Crippen LogP contribution >= 0.6 is 0 Å². The predicted molar refractivity (Wildman–Crippen MR) is 97.8 cm³/mol.